The van der Waals surface area contributed by atoms with E-state index in [1.165, 1.54) is 70.6 Å². The van der Waals surface area contributed by atoms with Crippen molar-refractivity contribution in [3.63, 3.8) is 0 Å². The minimum Gasteiger partial charge on any atom is -0.376 e. The van der Waals surface area contributed by atoms with E-state index in [0.29, 0.717) is 0 Å². The minimum atomic E-state index is -2.93. The number of unbranched alkanes of at least 4 members (excludes halogenated alkanes) is 10. The van der Waals surface area contributed by atoms with Crippen LogP contribution in [0.3, 0.4) is 0 Å². The van der Waals surface area contributed by atoms with Crippen LogP contribution < -0.4 is 5.73 Å². The summed E-state index contributed by atoms with van der Waals surface area (Å²) in [6, 6.07) is 0. The lowest BCUT2D eigenvalue weighted by molar-refractivity contribution is 0.0458. The average Bonchev–Trinajstić information content (AvgIpc) is 2.67. The van der Waals surface area contributed by atoms with Gasteiger partial charge in [0.15, 0.2) is 0 Å². The van der Waals surface area contributed by atoms with E-state index in [9.17, 15) is 0 Å². The first kappa shape index (κ1) is 27.1. The predicted molar refractivity (Wildman–Crippen MR) is 119 cm³/mol. The molecule has 0 aliphatic rings. The third-order valence-electron chi connectivity index (χ3n) is 6.52. The molecule has 0 saturated carbocycles. The topological polar surface area (TPSA) is 53.7 Å². The lowest BCUT2D eigenvalue weighted by atomic mass is 9.78. The van der Waals surface area contributed by atoms with Crippen molar-refractivity contribution in [2.45, 2.75) is 116 Å². The fourth-order valence-electron chi connectivity index (χ4n) is 4.36. The van der Waals surface area contributed by atoms with Crippen LogP contribution in [0.15, 0.2) is 0 Å². The van der Waals surface area contributed by atoms with Crippen LogP contribution in [0.4, 0.5) is 0 Å². The Labute approximate surface area is 171 Å². The summed E-state index contributed by atoms with van der Waals surface area (Å²) in [5.74, 6) is 0. The van der Waals surface area contributed by atoms with Gasteiger partial charge in [-0.1, -0.05) is 98.3 Å². The Balaban J connectivity index is 4.27. The van der Waals surface area contributed by atoms with Gasteiger partial charge < -0.3 is 19.0 Å². The summed E-state index contributed by atoms with van der Waals surface area (Å²) in [7, 11) is 2.06. The maximum atomic E-state index is 6.90. The van der Waals surface area contributed by atoms with Crippen molar-refractivity contribution in [3.05, 3.63) is 0 Å². The highest BCUT2D eigenvalue weighted by Crippen LogP contribution is 2.43. The summed E-state index contributed by atoms with van der Waals surface area (Å²) in [4.78, 5) is 0. The summed E-state index contributed by atoms with van der Waals surface area (Å²) >= 11 is 0. The van der Waals surface area contributed by atoms with E-state index in [-0.39, 0.29) is 5.41 Å². The maximum absolute atomic E-state index is 6.90. The van der Waals surface area contributed by atoms with Crippen LogP contribution in [0.25, 0.3) is 0 Å². The van der Waals surface area contributed by atoms with Crippen LogP contribution in [0.1, 0.15) is 111 Å². The Morgan fingerprint density at radius 2 is 1.04 bits per heavy atom. The molecule has 0 aliphatic heterocycles. The van der Waals surface area contributed by atoms with E-state index in [2.05, 4.69) is 27.7 Å². The largest absolute Gasteiger partial charge is 0.521 e. The SMILES string of the molecule is CCCCCCCCCCCCCC(C)(C)C(N)(CC)[Si](OC)(OC)OC. The lowest BCUT2D eigenvalue weighted by Gasteiger charge is -2.50. The zero-order valence-corrected chi connectivity index (χ0v) is 20.5. The third kappa shape index (κ3) is 7.77. The van der Waals surface area contributed by atoms with Gasteiger partial charge in [0.1, 0.15) is 0 Å². The van der Waals surface area contributed by atoms with E-state index in [4.69, 9.17) is 19.0 Å². The molecule has 0 aromatic carbocycles. The molecular formula is C22H49NO3Si. The molecule has 0 aliphatic carbocycles. The van der Waals surface area contributed by atoms with Gasteiger partial charge in [0, 0.05) is 21.3 Å². The zero-order valence-electron chi connectivity index (χ0n) is 19.5. The Hall–Kier alpha value is 0.0569. The highest BCUT2D eigenvalue weighted by molar-refractivity contribution is 6.64. The van der Waals surface area contributed by atoms with Gasteiger partial charge in [-0.25, -0.2) is 0 Å². The Morgan fingerprint density at radius 1 is 0.667 bits per heavy atom. The molecule has 27 heavy (non-hydrogen) atoms. The fourth-order valence-corrected chi connectivity index (χ4v) is 7.34. The van der Waals surface area contributed by atoms with Crippen LogP contribution in [0, 0.1) is 5.41 Å². The second-order valence-electron chi connectivity index (χ2n) is 8.66. The smallest absolute Gasteiger partial charge is 0.376 e. The molecule has 4 nitrogen and oxygen atoms in total. The molecule has 0 spiro atoms. The molecule has 1 atom stereocenters. The van der Waals surface area contributed by atoms with Gasteiger partial charge in [-0.2, -0.15) is 0 Å². The van der Waals surface area contributed by atoms with E-state index >= 15 is 0 Å². The Bertz CT molecular complexity index is 353. The molecule has 0 fully saturated rings. The van der Waals surface area contributed by atoms with E-state index < -0.39 is 14.0 Å². The summed E-state index contributed by atoms with van der Waals surface area (Å²) in [6.45, 7) is 8.87. The van der Waals surface area contributed by atoms with Crippen molar-refractivity contribution >= 4 is 8.80 Å². The molecule has 0 rings (SSSR count). The molecule has 0 heterocycles. The molecule has 2 N–H and O–H groups in total. The van der Waals surface area contributed by atoms with Crippen molar-refractivity contribution < 1.29 is 13.3 Å². The van der Waals surface area contributed by atoms with Crippen molar-refractivity contribution in [1.29, 1.82) is 0 Å². The van der Waals surface area contributed by atoms with Crippen LogP contribution >= 0.6 is 0 Å². The molecule has 0 saturated heterocycles. The molecular weight excluding hydrogens is 354 g/mol. The highest BCUT2D eigenvalue weighted by atomic mass is 28.4. The van der Waals surface area contributed by atoms with Gasteiger partial charge in [-0.15, -0.1) is 0 Å². The predicted octanol–water partition coefficient (Wildman–Crippen LogP) is 6.24. The standard InChI is InChI=1S/C22H49NO3Si/c1-8-10-11-12-13-14-15-16-17-18-19-20-21(3,4)22(23,9-2)27(24-5,25-6)26-7/h8-20,23H2,1-7H3. The summed E-state index contributed by atoms with van der Waals surface area (Å²) < 4.78 is 17.3. The first-order valence-electron chi connectivity index (χ1n) is 11.2. The van der Waals surface area contributed by atoms with Crippen molar-refractivity contribution in [2.75, 3.05) is 21.3 Å². The Kier molecular flexibility index (Phi) is 14.1. The molecule has 0 aromatic rings. The first-order chi connectivity index (χ1) is 12.8. The number of rotatable bonds is 18. The number of nitrogens with two attached hydrogens (primary N) is 1. The van der Waals surface area contributed by atoms with Crippen LogP contribution in [0.2, 0.25) is 0 Å². The quantitative estimate of drug-likeness (QED) is 0.217. The first-order valence-corrected chi connectivity index (χ1v) is 13.0. The summed E-state index contributed by atoms with van der Waals surface area (Å²) in [5, 5.41) is -0.587. The second-order valence-corrected chi connectivity index (χ2v) is 11.9. The second kappa shape index (κ2) is 14.1. The van der Waals surface area contributed by atoms with Crippen LogP contribution in [-0.4, -0.2) is 35.3 Å². The molecule has 0 amide bonds. The minimum absolute atomic E-state index is 0.102. The van der Waals surface area contributed by atoms with Crippen molar-refractivity contribution in [3.8, 4) is 0 Å². The van der Waals surface area contributed by atoms with Crippen LogP contribution in [-0.2, 0) is 13.3 Å². The molecule has 0 bridgehead atoms. The van der Waals surface area contributed by atoms with Gasteiger partial charge in [0.05, 0.1) is 5.16 Å². The van der Waals surface area contributed by atoms with Gasteiger partial charge in [0.25, 0.3) is 0 Å². The molecule has 0 radical (unpaired) electrons. The number of hydrogen-bond acceptors (Lipinski definition) is 4. The zero-order chi connectivity index (χ0) is 20.8. The molecule has 164 valence electrons. The highest BCUT2D eigenvalue weighted by Gasteiger charge is 2.63. The van der Waals surface area contributed by atoms with E-state index in [1.807, 2.05) is 0 Å². The average molecular weight is 404 g/mol. The van der Waals surface area contributed by atoms with Gasteiger partial charge in [0.2, 0.25) is 0 Å². The molecule has 5 heteroatoms. The van der Waals surface area contributed by atoms with E-state index in [1.54, 1.807) is 21.3 Å². The summed E-state index contributed by atoms with van der Waals surface area (Å²) in [5.41, 5.74) is 6.80. The van der Waals surface area contributed by atoms with Crippen molar-refractivity contribution in [2.24, 2.45) is 11.1 Å². The molecule has 1 unspecified atom stereocenters. The Morgan fingerprint density at radius 3 is 1.37 bits per heavy atom. The normalized spacial score (nSPS) is 15.1. The van der Waals surface area contributed by atoms with E-state index in [0.717, 1.165) is 12.8 Å². The number of hydrogen-bond donors (Lipinski definition) is 1. The monoisotopic (exact) mass is 403 g/mol. The molecule has 0 aromatic heterocycles. The maximum Gasteiger partial charge on any atom is 0.521 e. The lowest BCUT2D eigenvalue weighted by Crippen LogP contribution is -2.74. The van der Waals surface area contributed by atoms with Gasteiger partial charge >= 0.3 is 8.80 Å². The van der Waals surface area contributed by atoms with Crippen LogP contribution in [0.5, 0.6) is 0 Å². The van der Waals surface area contributed by atoms with Gasteiger partial charge in [-0.3, -0.25) is 0 Å². The third-order valence-corrected chi connectivity index (χ3v) is 10.3. The summed E-state index contributed by atoms with van der Waals surface area (Å²) in [6.07, 6.45) is 16.8. The fraction of sp³-hybridized carbons (Fsp3) is 1.00. The van der Waals surface area contributed by atoms with Gasteiger partial charge in [-0.05, 0) is 18.3 Å². The van der Waals surface area contributed by atoms with Crippen molar-refractivity contribution in [1.82, 2.24) is 0 Å².